The highest BCUT2D eigenvalue weighted by Crippen LogP contribution is 2.15. The Bertz CT molecular complexity index is 328. The van der Waals surface area contributed by atoms with E-state index in [0.29, 0.717) is 13.2 Å². The Balaban J connectivity index is 2.26. The van der Waals surface area contributed by atoms with Crippen LogP contribution < -0.4 is 5.32 Å². The second kappa shape index (κ2) is 8.95. The van der Waals surface area contributed by atoms with Gasteiger partial charge in [0.25, 0.3) is 0 Å². The summed E-state index contributed by atoms with van der Waals surface area (Å²) in [6.07, 6.45) is 2.72. The highest BCUT2D eigenvalue weighted by molar-refractivity contribution is 5.51. The van der Waals surface area contributed by atoms with Crippen LogP contribution in [0.1, 0.15) is 32.3 Å². The summed E-state index contributed by atoms with van der Waals surface area (Å²) in [6.45, 7) is 5.93. The Morgan fingerprint density at radius 1 is 1.28 bits per heavy atom. The number of aryl methyl sites for hydroxylation is 1. The number of aliphatic hydroxyl groups is 1. The minimum atomic E-state index is -0.452. The normalized spacial score (nSPS) is 12.4. The molecule has 0 fully saturated rings. The number of hydrogen-bond acceptors (Lipinski definition) is 3. The van der Waals surface area contributed by atoms with E-state index in [2.05, 4.69) is 25.2 Å². The largest absolute Gasteiger partial charge is 0.389 e. The quantitative estimate of drug-likeness (QED) is 0.663. The number of anilines is 1. The Morgan fingerprint density at radius 3 is 2.78 bits per heavy atom. The van der Waals surface area contributed by atoms with Gasteiger partial charge in [0.1, 0.15) is 0 Å². The lowest BCUT2D eigenvalue weighted by molar-refractivity contribution is 0.0421. The Hall–Kier alpha value is -1.06. The number of unbranched alkanes of at least 4 members (excludes halogenated alkanes) is 1. The minimum Gasteiger partial charge on any atom is -0.389 e. The average molecular weight is 251 g/mol. The lowest BCUT2D eigenvalue weighted by Crippen LogP contribution is -2.25. The topological polar surface area (TPSA) is 41.5 Å². The highest BCUT2D eigenvalue weighted by Gasteiger charge is 2.05. The summed E-state index contributed by atoms with van der Waals surface area (Å²) in [5.74, 6) is 0. The molecule has 0 heterocycles. The molecule has 1 aromatic rings. The summed E-state index contributed by atoms with van der Waals surface area (Å²) in [7, 11) is 0. The van der Waals surface area contributed by atoms with Gasteiger partial charge in [-0.05, 0) is 24.5 Å². The van der Waals surface area contributed by atoms with Crippen LogP contribution >= 0.6 is 0 Å². The zero-order valence-electron chi connectivity index (χ0n) is 11.5. The van der Waals surface area contributed by atoms with Crippen molar-refractivity contribution in [2.45, 2.75) is 39.2 Å². The number of rotatable bonds is 9. The van der Waals surface area contributed by atoms with E-state index in [9.17, 15) is 5.11 Å². The number of benzene rings is 1. The predicted octanol–water partition coefficient (Wildman–Crippen LogP) is 2.84. The molecular formula is C15H25NO2. The van der Waals surface area contributed by atoms with Crippen molar-refractivity contribution in [3.05, 3.63) is 29.8 Å². The first-order valence-corrected chi connectivity index (χ1v) is 6.85. The van der Waals surface area contributed by atoms with Crippen LogP contribution in [0.2, 0.25) is 0 Å². The molecular weight excluding hydrogens is 226 g/mol. The van der Waals surface area contributed by atoms with Crippen LogP contribution in [0, 0.1) is 0 Å². The van der Waals surface area contributed by atoms with E-state index in [1.54, 1.807) is 0 Å². The second-order valence-electron chi connectivity index (χ2n) is 4.47. The van der Waals surface area contributed by atoms with E-state index < -0.39 is 6.10 Å². The lowest BCUT2D eigenvalue weighted by atomic mass is 10.1. The summed E-state index contributed by atoms with van der Waals surface area (Å²) in [6, 6.07) is 8.19. The van der Waals surface area contributed by atoms with E-state index in [1.807, 2.05) is 18.2 Å². The van der Waals surface area contributed by atoms with Crippen molar-refractivity contribution >= 4 is 5.69 Å². The SMILES string of the molecule is CCCCOCC(O)CNc1ccccc1CC. The van der Waals surface area contributed by atoms with Gasteiger partial charge in [0, 0.05) is 18.8 Å². The molecule has 102 valence electrons. The molecule has 0 aliphatic carbocycles. The summed E-state index contributed by atoms with van der Waals surface area (Å²) >= 11 is 0. The number of nitrogens with one attached hydrogen (secondary N) is 1. The maximum absolute atomic E-state index is 9.79. The van der Waals surface area contributed by atoms with Gasteiger partial charge in [0.15, 0.2) is 0 Å². The number of aliphatic hydroxyl groups excluding tert-OH is 1. The van der Waals surface area contributed by atoms with Crippen LogP contribution in [-0.2, 0) is 11.2 Å². The molecule has 1 atom stereocenters. The molecule has 1 aromatic carbocycles. The minimum absolute atomic E-state index is 0.404. The van der Waals surface area contributed by atoms with Gasteiger partial charge in [0.05, 0.1) is 12.7 Å². The van der Waals surface area contributed by atoms with Crippen molar-refractivity contribution in [3.8, 4) is 0 Å². The number of para-hydroxylation sites is 1. The molecule has 0 bridgehead atoms. The van der Waals surface area contributed by atoms with Crippen LogP contribution in [0.15, 0.2) is 24.3 Å². The van der Waals surface area contributed by atoms with E-state index in [-0.39, 0.29) is 0 Å². The molecule has 18 heavy (non-hydrogen) atoms. The lowest BCUT2D eigenvalue weighted by Gasteiger charge is -2.15. The molecule has 1 rings (SSSR count). The van der Waals surface area contributed by atoms with Gasteiger partial charge in [-0.25, -0.2) is 0 Å². The fourth-order valence-electron chi connectivity index (χ4n) is 1.75. The Kier molecular flexibility index (Phi) is 7.46. The van der Waals surface area contributed by atoms with E-state index in [0.717, 1.165) is 31.6 Å². The molecule has 0 radical (unpaired) electrons. The van der Waals surface area contributed by atoms with E-state index in [1.165, 1.54) is 5.56 Å². The van der Waals surface area contributed by atoms with Crippen LogP contribution in [0.5, 0.6) is 0 Å². The third kappa shape index (κ3) is 5.52. The van der Waals surface area contributed by atoms with Gasteiger partial charge in [-0.1, -0.05) is 38.5 Å². The molecule has 0 aliphatic heterocycles. The molecule has 3 nitrogen and oxygen atoms in total. The van der Waals surface area contributed by atoms with Gasteiger partial charge in [-0.3, -0.25) is 0 Å². The molecule has 3 heteroatoms. The van der Waals surface area contributed by atoms with Crippen LogP contribution in [0.25, 0.3) is 0 Å². The van der Waals surface area contributed by atoms with Crippen molar-refractivity contribution in [1.29, 1.82) is 0 Å². The standard InChI is InChI=1S/C15H25NO2/c1-3-5-10-18-12-14(17)11-16-15-9-7-6-8-13(15)4-2/h6-9,14,16-17H,3-5,10-12H2,1-2H3. The molecule has 0 saturated carbocycles. The molecule has 0 amide bonds. The smallest absolute Gasteiger partial charge is 0.0945 e. The van der Waals surface area contributed by atoms with Gasteiger partial charge in [-0.15, -0.1) is 0 Å². The first kappa shape index (κ1) is 15.0. The number of ether oxygens (including phenoxy) is 1. The zero-order valence-corrected chi connectivity index (χ0v) is 11.5. The average Bonchev–Trinajstić information content (AvgIpc) is 2.41. The monoisotopic (exact) mass is 251 g/mol. The van der Waals surface area contributed by atoms with Crippen molar-refractivity contribution in [2.24, 2.45) is 0 Å². The van der Waals surface area contributed by atoms with Crippen molar-refractivity contribution in [2.75, 3.05) is 25.1 Å². The van der Waals surface area contributed by atoms with E-state index >= 15 is 0 Å². The zero-order chi connectivity index (χ0) is 13.2. The number of hydrogen-bond donors (Lipinski definition) is 2. The molecule has 0 saturated heterocycles. The first-order chi connectivity index (χ1) is 8.77. The van der Waals surface area contributed by atoms with Crippen LogP contribution in [0.3, 0.4) is 0 Å². The summed E-state index contributed by atoms with van der Waals surface area (Å²) in [4.78, 5) is 0. The third-order valence-corrected chi connectivity index (χ3v) is 2.88. The van der Waals surface area contributed by atoms with Gasteiger partial charge in [-0.2, -0.15) is 0 Å². The van der Waals surface area contributed by atoms with Crippen molar-refractivity contribution < 1.29 is 9.84 Å². The maximum Gasteiger partial charge on any atom is 0.0945 e. The molecule has 0 aromatic heterocycles. The summed E-state index contributed by atoms with van der Waals surface area (Å²) in [5, 5.41) is 13.1. The Labute approximate surface area is 110 Å². The maximum atomic E-state index is 9.79. The van der Waals surface area contributed by atoms with Gasteiger partial charge < -0.3 is 15.2 Å². The van der Waals surface area contributed by atoms with Gasteiger partial charge in [0.2, 0.25) is 0 Å². The molecule has 0 aliphatic rings. The fourth-order valence-corrected chi connectivity index (χ4v) is 1.75. The fraction of sp³-hybridized carbons (Fsp3) is 0.600. The first-order valence-electron chi connectivity index (χ1n) is 6.85. The van der Waals surface area contributed by atoms with Crippen LogP contribution in [-0.4, -0.2) is 31.0 Å². The predicted molar refractivity (Wildman–Crippen MR) is 76.0 cm³/mol. The third-order valence-electron chi connectivity index (χ3n) is 2.88. The van der Waals surface area contributed by atoms with Crippen molar-refractivity contribution in [1.82, 2.24) is 0 Å². The summed E-state index contributed by atoms with van der Waals surface area (Å²) < 4.78 is 5.39. The molecule has 2 N–H and O–H groups in total. The van der Waals surface area contributed by atoms with Crippen molar-refractivity contribution in [3.63, 3.8) is 0 Å². The van der Waals surface area contributed by atoms with Gasteiger partial charge >= 0.3 is 0 Å². The second-order valence-corrected chi connectivity index (χ2v) is 4.47. The molecule has 0 spiro atoms. The molecule has 1 unspecified atom stereocenters. The Morgan fingerprint density at radius 2 is 2.06 bits per heavy atom. The van der Waals surface area contributed by atoms with Crippen LogP contribution in [0.4, 0.5) is 5.69 Å². The highest BCUT2D eigenvalue weighted by atomic mass is 16.5. The van der Waals surface area contributed by atoms with E-state index in [4.69, 9.17) is 4.74 Å². The summed E-state index contributed by atoms with van der Waals surface area (Å²) in [5.41, 5.74) is 2.38.